The molecule has 3 aromatic carbocycles. The number of carbonyl (C=O) groups is 1. The number of aryl methyl sites for hydroxylation is 3. The van der Waals surface area contributed by atoms with Crippen LogP contribution in [-0.4, -0.2) is 39.1 Å². The maximum Gasteiger partial charge on any atom is 0 e. The van der Waals surface area contributed by atoms with Gasteiger partial charge in [-0.25, -0.2) is 0 Å². The van der Waals surface area contributed by atoms with Crippen LogP contribution in [0, 0.1) is 37.7 Å². The fraction of sp³-hybridized carbons (Fsp3) is 0.409. The van der Waals surface area contributed by atoms with Gasteiger partial charge in [0.1, 0.15) is 5.76 Å². The number of pyridine rings is 1. The number of allylic oxidation sites excluding steroid dienone is 2. The van der Waals surface area contributed by atoms with Gasteiger partial charge in [-0.05, 0) is 38.7 Å². The zero-order chi connectivity index (χ0) is 37.5. The number of benzene rings is 3. The summed E-state index contributed by atoms with van der Waals surface area (Å²) in [5.41, 5.74) is 5.70. The van der Waals surface area contributed by atoms with E-state index < -0.39 is 13.3 Å². The minimum absolute atomic E-state index is 0. The molecule has 0 fully saturated rings. The Morgan fingerprint density at radius 1 is 0.846 bits per heavy atom. The first-order valence-corrected chi connectivity index (χ1v) is 25.7. The number of hydrogen-bond donors (Lipinski definition) is 1. The van der Waals surface area contributed by atoms with Gasteiger partial charge >= 0.3 is 183 Å². The minimum Gasteiger partial charge on any atom is 0 e. The van der Waals surface area contributed by atoms with E-state index in [0.29, 0.717) is 5.71 Å². The van der Waals surface area contributed by atoms with Crippen LogP contribution in [0.1, 0.15) is 84.3 Å². The van der Waals surface area contributed by atoms with E-state index in [0.717, 1.165) is 75.7 Å². The van der Waals surface area contributed by atoms with Crippen LogP contribution in [-0.2, 0) is 24.9 Å². The zero-order valence-corrected chi connectivity index (χ0v) is 37.5. The van der Waals surface area contributed by atoms with Crippen molar-refractivity contribution in [3.8, 4) is 11.3 Å². The number of carbonyl (C=O) groups excluding carboxylic acids is 1. The van der Waals surface area contributed by atoms with Crippen molar-refractivity contribution in [1.29, 1.82) is 0 Å². The van der Waals surface area contributed by atoms with E-state index in [1.165, 1.54) is 26.8 Å². The van der Waals surface area contributed by atoms with Crippen LogP contribution in [0.25, 0.3) is 55.0 Å². The number of nitrogens with zero attached hydrogens (tertiary/aromatic N) is 3. The Bertz CT molecular complexity index is 2290. The molecule has 6 rings (SSSR count). The predicted octanol–water partition coefficient (Wildman–Crippen LogP) is 11.7. The molecule has 3 aromatic heterocycles. The molecule has 6 aromatic rings. The maximum atomic E-state index is 12.2. The number of fused-ring (bicyclic) bond motifs is 6. The summed E-state index contributed by atoms with van der Waals surface area (Å²) in [5.74, 6) is 8.33. The molecule has 8 heteroatoms. The van der Waals surface area contributed by atoms with Crippen LogP contribution in [0.3, 0.4) is 0 Å². The van der Waals surface area contributed by atoms with Gasteiger partial charge in [0.05, 0.1) is 0 Å². The molecule has 0 amide bonds. The molecule has 0 aliphatic heterocycles. The average Bonchev–Trinajstić information content (AvgIpc) is 3.47. The van der Waals surface area contributed by atoms with Crippen molar-refractivity contribution in [1.82, 2.24) is 15.0 Å². The van der Waals surface area contributed by atoms with Crippen molar-refractivity contribution < 1.29 is 34.4 Å². The fourth-order valence-electron chi connectivity index (χ4n) is 6.57. The number of aromatic nitrogens is 3. The van der Waals surface area contributed by atoms with E-state index >= 15 is 0 Å². The molecule has 0 unspecified atom stereocenters. The van der Waals surface area contributed by atoms with Gasteiger partial charge in [-0.3, -0.25) is 4.79 Å². The van der Waals surface area contributed by atoms with Gasteiger partial charge in [-0.1, -0.05) is 41.5 Å². The van der Waals surface area contributed by atoms with Crippen LogP contribution >= 0.6 is 0 Å². The van der Waals surface area contributed by atoms with Crippen LogP contribution in [0.15, 0.2) is 64.8 Å². The van der Waals surface area contributed by atoms with Crippen molar-refractivity contribution in [3.63, 3.8) is 0 Å². The van der Waals surface area contributed by atoms with Gasteiger partial charge in [0.15, 0.2) is 5.78 Å². The second-order valence-electron chi connectivity index (χ2n) is 15.7. The van der Waals surface area contributed by atoms with Crippen molar-refractivity contribution in [2.75, 3.05) is 0 Å². The molecule has 0 saturated carbocycles. The Kier molecular flexibility index (Phi) is 12.7. The Morgan fingerprint density at radius 2 is 1.48 bits per heavy atom. The standard InChI is InChI=1S/C29H26GeN3O.C15H28O2.Ir/c1-16-14-20(30(4,5)6)15-19-11-13-23-26(32-18(3)33-27(23)25(16)19)24-9-7-8-21-22-12-10-17(2)31-29(22)34-28(21)24;1-7-14(5,8-2)12(16)11-13(17)15(6,9-3)10-4;/h7-8,10-15H,1-6H3;11,16H,7-10H2,1-6H3;/q-1;;/b;12-11-;. The van der Waals surface area contributed by atoms with E-state index in [1.54, 1.807) is 0 Å². The summed E-state index contributed by atoms with van der Waals surface area (Å²) < 4.78 is 7.79. The molecule has 0 saturated heterocycles. The monoisotopic (exact) mass is 939 g/mol. The summed E-state index contributed by atoms with van der Waals surface area (Å²) in [6.45, 7) is 18.2. The first kappa shape index (κ1) is 41.4. The second kappa shape index (κ2) is 15.9. The van der Waals surface area contributed by atoms with Gasteiger partial charge < -0.3 is 5.11 Å². The molecular weight excluding hydrogens is 883 g/mol. The molecule has 0 atom stereocenters. The first-order valence-electron chi connectivity index (χ1n) is 18.4. The van der Waals surface area contributed by atoms with Crippen molar-refractivity contribution in [2.45, 2.75) is 105 Å². The topological polar surface area (TPSA) is 89.1 Å². The van der Waals surface area contributed by atoms with Gasteiger partial charge in [-0.15, -0.1) is 0 Å². The average molecular weight is 938 g/mol. The second-order valence-corrected chi connectivity index (χ2v) is 26.3. The third-order valence-corrected chi connectivity index (χ3v) is 15.5. The van der Waals surface area contributed by atoms with Crippen LogP contribution in [0.5, 0.6) is 0 Å². The van der Waals surface area contributed by atoms with Gasteiger partial charge in [0, 0.05) is 42.7 Å². The van der Waals surface area contributed by atoms with Gasteiger partial charge in [0.25, 0.3) is 0 Å². The minimum atomic E-state index is -1.96. The summed E-state index contributed by atoms with van der Waals surface area (Å²) in [5, 5.41) is 15.6. The number of aliphatic hydroxyl groups excluding tert-OH is 1. The van der Waals surface area contributed by atoms with Crippen molar-refractivity contribution in [3.05, 3.63) is 83.5 Å². The van der Waals surface area contributed by atoms with Gasteiger partial charge in [-0.2, -0.15) is 0 Å². The molecule has 1 radical (unpaired) electrons. The molecule has 0 spiro atoms. The maximum absolute atomic E-state index is 12.2. The fourth-order valence-corrected chi connectivity index (χ4v) is 9.17. The first-order chi connectivity index (χ1) is 24.0. The summed E-state index contributed by atoms with van der Waals surface area (Å²) in [7, 11) is 0. The number of aliphatic hydroxyl groups is 1. The van der Waals surface area contributed by atoms with Crippen LogP contribution in [0.4, 0.5) is 0 Å². The smallest absolute Gasteiger partial charge is 0 e. The van der Waals surface area contributed by atoms with Gasteiger partial charge in [0.2, 0.25) is 0 Å². The Morgan fingerprint density at radius 3 is 2.10 bits per heavy atom. The zero-order valence-electron chi connectivity index (χ0n) is 33.0. The molecule has 6 nitrogen and oxygen atoms in total. The third kappa shape index (κ3) is 7.93. The van der Waals surface area contributed by atoms with E-state index in [2.05, 4.69) is 65.6 Å². The van der Waals surface area contributed by atoms with Crippen LogP contribution < -0.4 is 4.40 Å². The Labute approximate surface area is 325 Å². The molecule has 277 valence electrons. The number of rotatable bonds is 9. The largest absolute Gasteiger partial charge is 0 e. The molecule has 0 bridgehead atoms. The van der Waals surface area contributed by atoms with Crippen molar-refractivity contribution in [2.24, 2.45) is 10.8 Å². The Balaban J connectivity index is 0.000000289. The summed E-state index contributed by atoms with van der Waals surface area (Å²) >= 11 is -1.96. The Hall–Kier alpha value is -3.39. The number of furan rings is 1. The van der Waals surface area contributed by atoms with E-state index in [4.69, 9.17) is 14.4 Å². The molecule has 52 heavy (non-hydrogen) atoms. The normalized spacial score (nSPS) is 12.7. The summed E-state index contributed by atoms with van der Waals surface area (Å²) in [4.78, 5) is 26.6. The quantitative estimate of drug-likeness (QED) is 0.0511. The predicted molar refractivity (Wildman–Crippen MR) is 217 cm³/mol. The van der Waals surface area contributed by atoms with E-state index in [1.807, 2.05) is 73.6 Å². The summed E-state index contributed by atoms with van der Waals surface area (Å²) in [6, 6.07) is 20.6. The molecule has 1 N–H and O–H groups in total. The molecule has 0 aliphatic carbocycles. The third-order valence-electron chi connectivity index (χ3n) is 11.2. The van der Waals surface area contributed by atoms with E-state index in [9.17, 15) is 9.90 Å². The van der Waals surface area contributed by atoms with Crippen LogP contribution in [0.2, 0.25) is 17.3 Å². The molecule has 0 aliphatic rings. The van der Waals surface area contributed by atoms with Crippen molar-refractivity contribution >= 4 is 67.2 Å². The summed E-state index contributed by atoms with van der Waals surface area (Å²) in [6.07, 6.45) is 4.75. The molecular formula is C44H54GeIrN3O3-. The van der Waals surface area contributed by atoms with E-state index in [-0.39, 0.29) is 42.5 Å². The number of hydrogen-bond acceptors (Lipinski definition) is 6. The molecule has 3 heterocycles. The SMILES string of the molecule is CCC(C)(CC)C(=O)/C=C(\O)C(C)(CC)CC.Cc1ccc2c(n1)oc1c(-c3nc(C)nc4c3ccc3c[c]([Ge]([CH3])([CH3])[CH3])cc(C)c34)[c-]ccc12.[Ir]. The number of ketones is 1.